The molecule has 1 aliphatic rings. The van der Waals surface area contributed by atoms with Gasteiger partial charge in [0.05, 0.1) is 5.54 Å². The number of nitrogens with zero attached hydrogens (tertiary/aromatic N) is 3. The van der Waals surface area contributed by atoms with Crippen molar-refractivity contribution in [3.63, 3.8) is 0 Å². The smallest absolute Gasteiger partial charge is 0.194 e. The standard InChI is InChI=1S/C21H25N5O/c1-16-4-6-18(7-5-16)15-27-19-10-8-17(9-11-19)14-22-21(12-2-3-13-21)20-23-25-26-24-20/h4-11,22H,2-3,12-15H2,1H3,(H,23,24,25,26). The predicted molar refractivity (Wildman–Crippen MR) is 103 cm³/mol. The number of ether oxygens (including phenoxy) is 1. The molecule has 1 aromatic heterocycles. The fraction of sp³-hybridized carbons (Fsp3) is 0.381. The van der Waals surface area contributed by atoms with E-state index in [-0.39, 0.29) is 5.54 Å². The summed E-state index contributed by atoms with van der Waals surface area (Å²) in [6.07, 6.45) is 4.47. The lowest BCUT2D eigenvalue weighted by Crippen LogP contribution is -2.40. The van der Waals surface area contributed by atoms with Crippen LogP contribution in [0, 0.1) is 6.92 Å². The fourth-order valence-electron chi connectivity index (χ4n) is 3.65. The topological polar surface area (TPSA) is 75.7 Å². The van der Waals surface area contributed by atoms with Gasteiger partial charge < -0.3 is 10.1 Å². The molecule has 2 N–H and O–H groups in total. The maximum atomic E-state index is 5.89. The molecule has 0 spiro atoms. The van der Waals surface area contributed by atoms with Crippen LogP contribution >= 0.6 is 0 Å². The highest BCUT2D eigenvalue weighted by Gasteiger charge is 2.38. The summed E-state index contributed by atoms with van der Waals surface area (Å²) in [5, 5.41) is 18.4. The summed E-state index contributed by atoms with van der Waals surface area (Å²) >= 11 is 0. The van der Waals surface area contributed by atoms with Crippen LogP contribution < -0.4 is 10.1 Å². The van der Waals surface area contributed by atoms with Gasteiger partial charge in [-0.1, -0.05) is 60.0 Å². The zero-order valence-electron chi connectivity index (χ0n) is 15.6. The predicted octanol–water partition coefficient (Wildman–Crippen LogP) is 3.65. The molecule has 0 unspecified atom stereocenters. The first kappa shape index (κ1) is 17.7. The van der Waals surface area contributed by atoms with Crippen LogP contribution in [0.3, 0.4) is 0 Å². The van der Waals surface area contributed by atoms with Gasteiger partial charge >= 0.3 is 0 Å². The van der Waals surface area contributed by atoms with E-state index in [9.17, 15) is 0 Å². The second-order valence-electron chi connectivity index (χ2n) is 7.30. The van der Waals surface area contributed by atoms with Gasteiger partial charge in [-0.25, -0.2) is 0 Å². The highest BCUT2D eigenvalue weighted by atomic mass is 16.5. The summed E-state index contributed by atoms with van der Waals surface area (Å²) in [6, 6.07) is 16.7. The highest BCUT2D eigenvalue weighted by Crippen LogP contribution is 2.36. The van der Waals surface area contributed by atoms with Crippen molar-refractivity contribution in [3.8, 4) is 5.75 Å². The Morgan fingerprint density at radius 3 is 2.37 bits per heavy atom. The molecule has 1 fully saturated rings. The second kappa shape index (κ2) is 7.88. The number of tetrazole rings is 1. The van der Waals surface area contributed by atoms with Crippen molar-refractivity contribution in [2.24, 2.45) is 0 Å². The molecule has 140 valence electrons. The van der Waals surface area contributed by atoms with Gasteiger partial charge in [0, 0.05) is 6.54 Å². The third kappa shape index (κ3) is 4.17. The molecule has 1 aliphatic carbocycles. The first-order chi connectivity index (χ1) is 13.2. The SMILES string of the molecule is Cc1ccc(COc2ccc(CNC3(c4nn[nH]n4)CCCC3)cc2)cc1. The van der Waals surface area contributed by atoms with Crippen molar-refractivity contribution in [3.05, 3.63) is 71.0 Å². The maximum absolute atomic E-state index is 5.89. The lowest BCUT2D eigenvalue weighted by molar-refractivity contribution is 0.305. The first-order valence-corrected chi connectivity index (χ1v) is 9.50. The summed E-state index contributed by atoms with van der Waals surface area (Å²) in [5.74, 6) is 1.66. The molecule has 0 saturated heterocycles. The van der Waals surface area contributed by atoms with Crippen molar-refractivity contribution in [2.45, 2.75) is 51.3 Å². The number of rotatable bonds is 7. The van der Waals surface area contributed by atoms with Crippen molar-refractivity contribution in [1.82, 2.24) is 25.9 Å². The lowest BCUT2D eigenvalue weighted by Gasteiger charge is -2.26. The van der Waals surface area contributed by atoms with Crippen LogP contribution in [0.5, 0.6) is 5.75 Å². The van der Waals surface area contributed by atoms with Crippen LogP contribution in [0.25, 0.3) is 0 Å². The summed E-state index contributed by atoms with van der Waals surface area (Å²) in [5.41, 5.74) is 3.49. The van der Waals surface area contributed by atoms with Gasteiger partial charge in [0.1, 0.15) is 12.4 Å². The van der Waals surface area contributed by atoms with Crippen LogP contribution in [0.2, 0.25) is 0 Å². The molecule has 0 amide bonds. The Kier molecular flexibility index (Phi) is 5.16. The monoisotopic (exact) mass is 363 g/mol. The van der Waals surface area contributed by atoms with E-state index in [1.165, 1.54) is 29.5 Å². The van der Waals surface area contributed by atoms with E-state index in [2.05, 4.69) is 69.3 Å². The number of hydrogen-bond donors (Lipinski definition) is 2. The minimum absolute atomic E-state index is 0.159. The average molecular weight is 363 g/mol. The Morgan fingerprint density at radius 2 is 1.70 bits per heavy atom. The van der Waals surface area contributed by atoms with Gasteiger partial charge in [0.25, 0.3) is 0 Å². The molecule has 4 rings (SSSR count). The van der Waals surface area contributed by atoms with Crippen molar-refractivity contribution >= 4 is 0 Å². The zero-order chi connectivity index (χ0) is 18.5. The fourth-order valence-corrected chi connectivity index (χ4v) is 3.65. The quantitative estimate of drug-likeness (QED) is 0.670. The Balaban J connectivity index is 1.34. The van der Waals surface area contributed by atoms with Gasteiger partial charge in [-0.15, -0.1) is 10.2 Å². The number of aromatic nitrogens is 4. The number of nitrogens with one attached hydrogen (secondary N) is 2. The molecule has 0 aliphatic heterocycles. The average Bonchev–Trinajstić information content (AvgIpc) is 3.39. The molecule has 27 heavy (non-hydrogen) atoms. The Morgan fingerprint density at radius 1 is 1.00 bits per heavy atom. The third-order valence-electron chi connectivity index (χ3n) is 5.31. The zero-order valence-corrected chi connectivity index (χ0v) is 15.6. The molecule has 6 nitrogen and oxygen atoms in total. The molecular formula is C21H25N5O. The van der Waals surface area contributed by atoms with Crippen molar-refractivity contribution in [2.75, 3.05) is 0 Å². The van der Waals surface area contributed by atoms with Crippen LogP contribution in [0.1, 0.15) is 48.2 Å². The number of hydrogen-bond acceptors (Lipinski definition) is 5. The molecular weight excluding hydrogens is 338 g/mol. The van der Waals surface area contributed by atoms with Gasteiger partial charge in [-0.2, -0.15) is 5.21 Å². The van der Waals surface area contributed by atoms with Crippen molar-refractivity contribution < 1.29 is 4.74 Å². The van der Waals surface area contributed by atoms with Crippen LogP contribution in [0.4, 0.5) is 0 Å². The minimum atomic E-state index is -0.159. The van der Waals surface area contributed by atoms with Gasteiger partial charge in [-0.3, -0.25) is 0 Å². The molecule has 1 heterocycles. The lowest BCUT2D eigenvalue weighted by atomic mass is 9.96. The number of H-pyrrole nitrogens is 1. The molecule has 2 aromatic carbocycles. The van der Waals surface area contributed by atoms with E-state index in [1.54, 1.807) is 0 Å². The Bertz CT molecular complexity index is 837. The minimum Gasteiger partial charge on any atom is -0.489 e. The van der Waals surface area contributed by atoms with E-state index in [1.807, 2.05) is 12.1 Å². The highest BCUT2D eigenvalue weighted by molar-refractivity contribution is 5.28. The molecule has 0 atom stereocenters. The molecule has 0 bridgehead atoms. The van der Waals surface area contributed by atoms with E-state index in [4.69, 9.17) is 4.74 Å². The summed E-state index contributed by atoms with van der Waals surface area (Å²) in [4.78, 5) is 0. The van der Waals surface area contributed by atoms with E-state index >= 15 is 0 Å². The maximum Gasteiger partial charge on any atom is 0.194 e. The summed E-state index contributed by atoms with van der Waals surface area (Å²) in [6.45, 7) is 3.44. The second-order valence-corrected chi connectivity index (χ2v) is 7.30. The Hall–Kier alpha value is -2.73. The third-order valence-corrected chi connectivity index (χ3v) is 5.31. The van der Waals surface area contributed by atoms with Crippen LogP contribution in [0.15, 0.2) is 48.5 Å². The van der Waals surface area contributed by atoms with E-state index < -0.39 is 0 Å². The van der Waals surface area contributed by atoms with Gasteiger partial charge in [0.2, 0.25) is 0 Å². The van der Waals surface area contributed by atoms with Crippen LogP contribution in [-0.2, 0) is 18.7 Å². The molecule has 0 radical (unpaired) electrons. The summed E-state index contributed by atoms with van der Waals surface area (Å²) < 4.78 is 5.89. The van der Waals surface area contributed by atoms with Gasteiger partial charge in [-0.05, 0) is 43.0 Å². The van der Waals surface area contributed by atoms with Crippen molar-refractivity contribution in [1.29, 1.82) is 0 Å². The van der Waals surface area contributed by atoms with E-state index in [0.717, 1.165) is 31.0 Å². The van der Waals surface area contributed by atoms with E-state index in [0.29, 0.717) is 6.61 Å². The Labute approximate surface area is 159 Å². The molecule has 3 aromatic rings. The first-order valence-electron chi connectivity index (χ1n) is 9.50. The number of benzene rings is 2. The molecule has 1 saturated carbocycles. The number of aromatic amines is 1. The normalized spacial score (nSPS) is 15.7. The van der Waals surface area contributed by atoms with Crippen LogP contribution in [-0.4, -0.2) is 20.6 Å². The number of aryl methyl sites for hydroxylation is 1. The molecule has 6 heteroatoms. The van der Waals surface area contributed by atoms with Gasteiger partial charge in [0.15, 0.2) is 5.82 Å². The summed E-state index contributed by atoms with van der Waals surface area (Å²) in [7, 11) is 0. The largest absolute Gasteiger partial charge is 0.489 e.